The number of aliphatic carboxylic acids is 1. The van der Waals surface area contributed by atoms with E-state index in [-0.39, 0.29) is 23.4 Å². The van der Waals surface area contributed by atoms with Crippen molar-refractivity contribution in [2.45, 2.75) is 20.3 Å². The molecule has 2 aromatic rings. The molecule has 0 aliphatic carbocycles. The van der Waals surface area contributed by atoms with Gasteiger partial charge in [0, 0.05) is 37.8 Å². The highest BCUT2D eigenvalue weighted by Gasteiger charge is 2.24. The monoisotopic (exact) mass is 377 g/mol. The van der Waals surface area contributed by atoms with E-state index in [1.54, 1.807) is 18.2 Å². The zero-order valence-corrected chi connectivity index (χ0v) is 15.3. The fourth-order valence-electron chi connectivity index (χ4n) is 2.76. The Bertz CT molecular complexity index is 832. The molecule has 2 rings (SSSR count). The van der Waals surface area contributed by atoms with Crippen LogP contribution in [0.15, 0.2) is 24.3 Å². The van der Waals surface area contributed by atoms with Crippen molar-refractivity contribution in [3.8, 4) is 0 Å². The number of hydrogen-bond donors (Lipinski definition) is 2. The number of carbonyl (C=O) groups excluding carboxylic acids is 1. The second-order valence-electron chi connectivity index (χ2n) is 6.22. The van der Waals surface area contributed by atoms with Crippen LogP contribution in [0.2, 0.25) is 0 Å². The number of carboxylic acids is 1. The van der Waals surface area contributed by atoms with Gasteiger partial charge >= 0.3 is 5.97 Å². The maximum atomic E-state index is 12.9. The average Bonchev–Trinajstić information content (AvgIpc) is 3.07. The van der Waals surface area contributed by atoms with Crippen LogP contribution < -0.4 is 0 Å². The molecule has 0 saturated carbocycles. The van der Waals surface area contributed by atoms with Gasteiger partial charge in [0.2, 0.25) is 0 Å². The number of non-ortho nitro benzene ring substituents is 1. The number of rotatable bonds is 10. The number of carbonyl (C=O) groups is 2. The van der Waals surface area contributed by atoms with Crippen molar-refractivity contribution in [2.24, 2.45) is 5.92 Å². The lowest BCUT2D eigenvalue weighted by Crippen LogP contribution is -2.38. The highest BCUT2D eigenvalue weighted by Crippen LogP contribution is 2.26. The van der Waals surface area contributed by atoms with Gasteiger partial charge in [0.05, 0.1) is 10.8 Å². The summed E-state index contributed by atoms with van der Waals surface area (Å²) in [5, 5.41) is 20.9. The molecule has 1 unspecified atom stereocenters. The normalized spacial score (nSPS) is 12.1. The summed E-state index contributed by atoms with van der Waals surface area (Å²) >= 11 is 0. The summed E-state index contributed by atoms with van der Waals surface area (Å²) in [6, 6.07) is 6.13. The van der Waals surface area contributed by atoms with E-state index in [0.29, 0.717) is 31.6 Å². The van der Waals surface area contributed by atoms with Gasteiger partial charge in [0.25, 0.3) is 11.6 Å². The Kier molecular flexibility index (Phi) is 6.89. The van der Waals surface area contributed by atoms with Crippen LogP contribution in [-0.4, -0.2) is 58.1 Å². The third-order valence-corrected chi connectivity index (χ3v) is 4.19. The second kappa shape index (κ2) is 9.13. The van der Waals surface area contributed by atoms with Crippen LogP contribution in [0.3, 0.4) is 0 Å². The Labute approximate surface area is 156 Å². The van der Waals surface area contributed by atoms with Crippen molar-refractivity contribution in [2.75, 3.05) is 26.3 Å². The number of nitrogens with one attached hydrogen (secondary N) is 1. The molecule has 0 aliphatic rings. The lowest BCUT2D eigenvalue weighted by atomic mass is 10.1. The first kappa shape index (κ1) is 20.4. The fourth-order valence-corrected chi connectivity index (χ4v) is 2.76. The van der Waals surface area contributed by atoms with Crippen LogP contribution >= 0.6 is 0 Å². The number of nitro benzene ring substituents is 1. The average molecular weight is 377 g/mol. The Hall–Kier alpha value is -2.94. The molecular weight excluding hydrogens is 354 g/mol. The molecule has 1 aromatic heterocycles. The number of ether oxygens (including phenoxy) is 1. The molecule has 1 heterocycles. The Balaban J connectivity index is 2.27. The summed E-state index contributed by atoms with van der Waals surface area (Å²) in [7, 11) is 0. The minimum Gasteiger partial charge on any atom is -0.481 e. The molecule has 1 amide bonds. The van der Waals surface area contributed by atoms with Crippen LogP contribution in [0, 0.1) is 16.0 Å². The molecule has 0 radical (unpaired) electrons. The Morgan fingerprint density at radius 3 is 2.78 bits per heavy atom. The largest absolute Gasteiger partial charge is 0.481 e. The molecule has 146 valence electrons. The molecule has 9 nitrogen and oxygen atoms in total. The molecule has 0 fully saturated rings. The topological polar surface area (TPSA) is 126 Å². The first-order valence-corrected chi connectivity index (χ1v) is 8.71. The second-order valence-corrected chi connectivity index (χ2v) is 6.22. The molecule has 0 bridgehead atoms. The summed E-state index contributed by atoms with van der Waals surface area (Å²) in [4.78, 5) is 39.0. The molecule has 9 heteroatoms. The number of fused-ring (bicyclic) bond motifs is 1. The van der Waals surface area contributed by atoms with E-state index in [9.17, 15) is 19.7 Å². The number of nitro groups is 1. The summed E-state index contributed by atoms with van der Waals surface area (Å²) in [5.74, 6) is -2.13. The number of para-hydroxylation sites is 1. The van der Waals surface area contributed by atoms with Crippen molar-refractivity contribution < 1.29 is 24.4 Å². The number of aromatic amines is 1. The maximum Gasteiger partial charge on any atom is 0.308 e. The number of amides is 1. The first-order chi connectivity index (χ1) is 12.8. The van der Waals surface area contributed by atoms with E-state index in [2.05, 4.69) is 4.98 Å². The summed E-state index contributed by atoms with van der Waals surface area (Å²) in [5.41, 5.74) is 0.341. The summed E-state index contributed by atoms with van der Waals surface area (Å²) < 4.78 is 5.27. The zero-order chi connectivity index (χ0) is 20.0. The van der Waals surface area contributed by atoms with Crippen molar-refractivity contribution in [1.29, 1.82) is 0 Å². The van der Waals surface area contributed by atoms with Gasteiger partial charge in [-0.15, -0.1) is 0 Å². The number of benzene rings is 1. The minimum absolute atomic E-state index is 0.0394. The van der Waals surface area contributed by atoms with Gasteiger partial charge in [0.1, 0.15) is 11.2 Å². The highest BCUT2D eigenvalue weighted by atomic mass is 16.6. The van der Waals surface area contributed by atoms with Crippen LogP contribution in [0.4, 0.5) is 5.69 Å². The summed E-state index contributed by atoms with van der Waals surface area (Å²) in [6.45, 7) is 4.78. The fraction of sp³-hybridized carbons (Fsp3) is 0.444. The summed E-state index contributed by atoms with van der Waals surface area (Å²) in [6.07, 6.45) is 0.562. The number of H-pyrrole nitrogens is 1. The van der Waals surface area contributed by atoms with E-state index in [1.165, 1.54) is 17.9 Å². The van der Waals surface area contributed by atoms with E-state index in [4.69, 9.17) is 9.84 Å². The lowest BCUT2D eigenvalue weighted by Gasteiger charge is -2.24. The van der Waals surface area contributed by atoms with Gasteiger partial charge in [-0.3, -0.25) is 19.7 Å². The predicted molar refractivity (Wildman–Crippen MR) is 98.8 cm³/mol. The molecule has 27 heavy (non-hydrogen) atoms. The predicted octanol–water partition coefficient (Wildman–Crippen LogP) is 2.67. The van der Waals surface area contributed by atoms with Gasteiger partial charge in [0.15, 0.2) is 0 Å². The molecular formula is C18H23N3O6. The van der Waals surface area contributed by atoms with E-state index < -0.39 is 22.7 Å². The highest BCUT2D eigenvalue weighted by molar-refractivity contribution is 6.00. The van der Waals surface area contributed by atoms with Crippen LogP contribution in [0.1, 0.15) is 30.8 Å². The van der Waals surface area contributed by atoms with Crippen molar-refractivity contribution in [3.05, 3.63) is 40.1 Å². The Morgan fingerprint density at radius 2 is 2.15 bits per heavy atom. The SMILES string of the molecule is CCOCCCN(CC(C)C(=O)O)C(=O)c1cc2cccc([N+](=O)[O-])c2[nH]1. The molecule has 0 aliphatic heterocycles. The standard InChI is InChI=1S/C18H23N3O6/c1-3-27-9-5-8-20(11-12(2)18(23)24)17(22)14-10-13-6-4-7-15(21(25)26)16(13)19-14/h4,6-7,10,12,19H,3,5,8-9,11H2,1-2H3,(H,23,24). The molecule has 0 spiro atoms. The maximum absolute atomic E-state index is 12.9. The molecule has 1 atom stereocenters. The van der Waals surface area contributed by atoms with Gasteiger partial charge in [-0.05, 0) is 19.4 Å². The number of carboxylic acid groups (broad SMARTS) is 1. The zero-order valence-electron chi connectivity index (χ0n) is 15.3. The van der Waals surface area contributed by atoms with Crippen LogP contribution in [0.5, 0.6) is 0 Å². The minimum atomic E-state index is -0.995. The van der Waals surface area contributed by atoms with Gasteiger partial charge in [-0.1, -0.05) is 19.1 Å². The number of hydrogen-bond acceptors (Lipinski definition) is 5. The number of aromatic nitrogens is 1. The third-order valence-electron chi connectivity index (χ3n) is 4.19. The van der Waals surface area contributed by atoms with E-state index in [0.717, 1.165) is 0 Å². The van der Waals surface area contributed by atoms with Gasteiger partial charge in [-0.2, -0.15) is 0 Å². The quantitative estimate of drug-likeness (QED) is 0.372. The smallest absolute Gasteiger partial charge is 0.308 e. The van der Waals surface area contributed by atoms with Crippen molar-refractivity contribution in [3.63, 3.8) is 0 Å². The number of nitrogens with zero attached hydrogens (tertiary/aromatic N) is 2. The lowest BCUT2D eigenvalue weighted by molar-refractivity contribution is -0.383. The van der Waals surface area contributed by atoms with Crippen molar-refractivity contribution >= 4 is 28.5 Å². The van der Waals surface area contributed by atoms with Crippen molar-refractivity contribution in [1.82, 2.24) is 9.88 Å². The Morgan fingerprint density at radius 1 is 1.41 bits per heavy atom. The van der Waals surface area contributed by atoms with Crippen LogP contribution in [0.25, 0.3) is 10.9 Å². The van der Waals surface area contributed by atoms with Gasteiger partial charge < -0.3 is 19.7 Å². The van der Waals surface area contributed by atoms with Crippen LogP contribution in [-0.2, 0) is 9.53 Å². The molecule has 2 N–H and O–H groups in total. The van der Waals surface area contributed by atoms with E-state index >= 15 is 0 Å². The van der Waals surface area contributed by atoms with Gasteiger partial charge in [-0.25, -0.2) is 0 Å². The molecule has 0 saturated heterocycles. The molecule has 1 aromatic carbocycles. The first-order valence-electron chi connectivity index (χ1n) is 8.71. The third kappa shape index (κ3) is 5.04. The van der Waals surface area contributed by atoms with E-state index in [1.807, 2.05) is 6.92 Å².